The molecule has 0 amide bonds. The standard InChI is InChI=1S/C57H92O23/c1-25-33-18-38(72-30(6)59)53(63)56(33,8)41-23-40-55(7)15-14-32(17-31(55)13-16-57(40,79-25)80-41)73-42-19-34(64-9)49(26(2)68-42)75-43-20-35(65-10)50(27(3)69-43)76-44-21-36(66-11)51(28(4)70-44)77-45-22-37(67-12)52(29(5)71-45)78-54-48(62)47(61)46(60)39(24-58)74-54/h25-29,31-52,54,58,60-62H,13-24H2,1-12H3/t25-,26+,27+,28+,29+,31-,32-,33-,34+,35-,36+,37+,38-,39+,40+,41+,42-,43-,44-,45-,46+,47-,48+,49+,50+,51+,52+,54-,55-,56-,57-/m0/s1. The van der Waals surface area contributed by atoms with Crippen molar-refractivity contribution in [3.05, 3.63) is 0 Å². The van der Waals surface area contributed by atoms with E-state index < -0.39 is 147 Å². The zero-order valence-electron chi connectivity index (χ0n) is 48.7. The van der Waals surface area contributed by atoms with E-state index in [0.29, 0.717) is 31.6 Å². The van der Waals surface area contributed by atoms with Crippen molar-refractivity contribution in [2.45, 2.75) is 285 Å². The molecule has 4 N–H and O–H groups in total. The summed E-state index contributed by atoms with van der Waals surface area (Å²) in [6, 6.07) is 0. The Hall–Kier alpha value is -1.66. The zero-order valence-corrected chi connectivity index (χ0v) is 48.7. The number of carbonyl (C=O) groups is 2. The lowest BCUT2D eigenvalue weighted by Crippen LogP contribution is -2.62. The van der Waals surface area contributed by atoms with Gasteiger partial charge in [-0.25, -0.2) is 0 Å². The molecule has 0 radical (unpaired) electrons. The highest BCUT2D eigenvalue weighted by Gasteiger charge is 2.72. The van der Waals surface area contributed by atoms with Gasteiger partial charge in [0, 0.05) is 79.3 Å². The Bertz CT molecular complexity index is 2110. The Morgan fingerprint density at radius 1 is 0.575 bits per heavy atom. The third kappa shape index (κ3) is 11.5. The summed E-state index contributed by atoms with van der Waals surface area (Å²) >= 11 is 0. The molecule has 80 heavy (non-hydrogen) atoms. The van der Waals surface area contributed by atoms with Crippen LogP contribution in [0.15, 0.2) is 0 Å². The molecular weight excluding hydrogens is 1050 g/mol. The molecule has 0 aromatic heterocycles. The van der Waals surface area contributed by atoms with Gasteiger partial charge in [-0.05, 0) is 91.4 Å². The number of rotatable bonds is 16. The fraction of sp³-hybridized carbons (Fsp3) is 0.965. The minimum atomic E-state index is -1.59. The van der Waals surface area contributed by atoms with E-state index >= 15 is 0 Å². The summed E-state index contributed by atoms with van der Waals surface area (Å²) in [7, 11) is 6.46. The molecule has 2 bridgehead atoms. The van der Waals surface area contributed by atoms with Crippen LogP contribution in [0.5, 0.6) is 0 Å². The lowest BCUT2D eigenvalue weighted by atomic mass is 9.52. The van der Waals surface area contributed by atoms with Gasteiger partial charge in [0.1, 0.15) is 48.8 Å². The largest absolute Gasteiger partial charge is 0.455 e. The number of carbonyl (C=O) groups excluding carboxylic acids is 2. The van der Waals surface area contributed by atoms with E-state index in [2.05, 4.69) is 13.8 Å². The van der Waals surface area contributed by atoms with Crippen molar-refractivity contribution in [3.63, 3.8) is 0 Å². The molecule has 23 heteroatoms. The lowest BCUT2D eigenvalue weighted by Gasteiger charge is -2.57. The number of aliphatic hydroxyl groups excluding tert-OH is 4. The van der Waals surface area contributed by atoms with Crippen LogP contribution in [0.3, 0.4) is 0 Å². The summed E-state index contributed by atoms with van der Waals surface area (Å²) in [5.74, 6) is -0.848. The number of aliphatic hydroxyl groups is 4. The molecule has 7 heterocycles. The lowest BCUT2D eigenvalue weighted by molar-refractivity contribution is -0.359. The van der Waals surface area contributed by atoms with Gasteiger partial charge in [0.05, 0.1) is 79.2 Å². The van der Waals surface area contributed by atoms with E-state index in [0.717, 1.165) is 38.5 Å². The van der Waals surface area contributed by atoms with Gasteiger partial charge < -0.3 is 101 Å². The molecule has 0 aromatic rings. The van der Waals surface area contributed by atoms with E-state index in [1.54, 1.807) is 28.3 Å². The van der Waals surface area contributed by atoms with Crippen LogP contribution >= 0.6 is 0 Å². The number of fused-ring (bicyclic) bond motifs is 5. The van der Waals surface area contributed by atoms with Gasteiger partial charge in [-0.3, -0.25) is 9.59 Å². The summed E-state index contributed by atoms with van der Waals surface area (Å²) in [4.78, 5) is 26.0. The Balaban J connectivity index is 0.693. The summed E-state index contributed by atoms with van der Waals surface area (Å²) in [5, 5.41) is 40.9. The maximum absolute atomic E-state index is 14.0. The van der Waals surface area contributed by atoms with Crippen molar-refractivity contribution < 1.29 is 111 Å². The predicted octanol–water partition coefficient (Wildman–Crippen LogP) is 2.96. The van der Waals surface area contributed by atoms with E-state index in [4.69, 9.17) is 80.5 Å². The predicted molar refractivity (Wildman–Crippen MR) is 275 cm³/mol. The van der Waals surface area contributed by atoms with Gasteiger partial charge in [0.15, 0.2) is 49.1 Å². The Kier molecular flexibility index (Phi) is 18.9. The van der Waals surface area contributed by atoms with Gasteiger partial charge in [-0.2, -0.15) is 0 Å². The monoisotopic (exact) mass is 1140 g/mol. The summed E-state index contributed by atoms with van der Waals surface area (Å²) < 4.78 is 108. The maximum atomic E-state index is 14.0. The number of hydrogen-bond donors (Lipinski definition) is 4. The first-order chi connectivity index (χ1) is 38.1. The quantitative estimate of drug-likeness (QED) is 0.128. The van der Waals surface area contributed by atoms with Crippen molar-refractivity contribution in [1.82, 2.24) is 0 Å². The van der Waals surface area contributed by atoms with Gasteiger partial charge >= 0.3 is 5.97 Å². The Labute approximate surface area is 470 Å². The molecule has 23 nitrogen and oxygen atoms in total. The first-order valence-corrected chi connectivity index (χ1v) is 29.5. The van der Waals surface area contributed by atoms with Crippen LogP contribution in [0.25, 0.3) is 0 Å². The highest BCUT2D eigenvalue weighted by Crippen LogP contribution is 2.67. The molecule has 10 fully saturated rings. The second-order valence-electron chi connectivity index (χ2n) is 25.1. The van der Waals surface area contributed by atoms with E-state index in [-0.39, 0.29) is 60.0 Å². The van der Waals surface area contributed by atoms with Crippen LogP contribution in [-0.4, -0.2) is 227 Å². The van der Waals surface area contributed by atoms with Crippen molar-refractivity contribution in [3.8, 4) is 0 Å². The summed E-state index contributed by atoms with van der Waals surface area (Å²) in [6.45, 7) is 14.8. The van der Waals surface area contributed by atoms with Crippen molar-refractivity contribution in [2.24, 2.45) is 28.6 Å². The van der Waals surface area contributed by atoms with Crippen LogP contribution < -0.4 is 0 Å². The normalized spacial score (nSPS) is 53.3. The fourth-order valence-corrected chi connectivity index (χ4v) is 16.1. The molecule has 10 aliphatic rings. The number of Topliss-reactive ketones (excluding diaryl/α,β-unsaturated/α-hetero) is 1. The second-order valence-corrected chi connectivity index (χ2v) is 25.1. The molecule has 7 saturated heterocycles. The van der Waals surface area contributed by atoms with Crippen LogP contribution in [0.1, 0.15) is 126 Å². The average molecular weight is 1150 g/mol. The number of ether oxygens (including phenoxy) is 17. The fourth-order valence-electron chi connectivity index (χ4n) is 16.1. The highest BCUT2D eigenvalue weighted by atomic mass is 16.8. The molecule has 10 rings (SSSR count). The topological polar surface area (TPSA) is 272 Å². The minimum Gasteiger partial charge on any atom is -0.455 e. The summed E-state index contributed by atoms with van der Waals surface area (Å²) in [6.07, 6.45) is -10.2. The molecule has 3 saturated carbocycles. The van der Waals surface area contributed by atoms with E-state index in [1.165, 1.54) is 14.0 Å². The van der Waals surface area contributed by atoms with E-state index in [1.807, 2.05) is 27.7 Å². The highest BCUT2D eigenvalue weighted by molar-refractivity contribution is 5.93. The van der Waals surface area contributed by atoms with Crippen molar-refractivity contribution in [2.75, 3.05) is 35.0 Å². The van der Waals surface area contributed by atoms with Gasteiger partial charge in [-0.1, -0.05) is 6.92 Å². The number of hydrogen-bond acceptors (Lipinski definition) is 23. The Morgan fingerprint density at radius 2 is 1.06 bits per heavy atom. The van der Waals surface area contributed by atoms with Crippen LogP contribution in [0.2, 0.25) is 0 Å². The van der Waals surface area contributed by atoms with Crippen LogP contribution in [0, 0.1) is 28.6 Å². The molecule has 31 atom stereocenters. The van der Waals surface area contributed by atoms with Crippen LogP contribution in [0.4, 0.5) is 0 Å². The van der Waals surface area contributed by atoms with Crippen molar-refractivity contribution in [1.29, 1.82) is 0 Å². The van der Waals surface area contributed by atoms with Crippen molar-refractivity contribution >= 4 is 11.8 Å². The van der Waals surface area contributed by atoms with E-state index in [9.17, 15) is 30.0 Å². The first kappa shape index (κ1) is 61.4. The molecule has 0 aromatic carbocycles. The molecular formula is C57H92O23. The SMILES string of the molecule is CO[C@H]1C[C@H](O[C@@H]2[C@@H](C)O[C@@H](O[C@H]3CC[C@@]4(C)[C@@H](CC[C@@]56O[C@@H](C)[C@@H]7C[C@H](OC(C)=O)C(=O)[C@]7(C)[C@@H](C[C@@H]54)O6)C3)C[C@H]2OC)O[C@H](C)[C@H]1O[C@H]1C[C@@H](OC)[C@H](O[C@H]2C[C@@H](OC)[C@H](O[C@@H]3O[C@H](CO)[C@@H](O)[C@H](O)[C@H]3O)[C@@H](C)O2)[C@@H](C)O1. The third-order valence-electron chi connectivity index (χ3n) is 20.5. The molecule has 3 aliphatic carbocycles. The zero-order chi connectivity index (χ0) is 57.3. The first-order valence-electron chi connectivity index (χ1n) is 29.5. The maximum Gasteiger partial charge on any atom is 0.303 e. The number of ketones is 1. The molecule has 458 valence electrons. The molecule has 0 unspecified atom stereocenters. The van der Waals surface area contributed by atoms with Gasteiger partial charge in [-0.15, -0.1) is 0 Å². The van der Waals surface area contributed by atoms with Gasteiger partial charge in [0.25, 0.3) is 0 Å². The number of esters is 1. The molecule has 7 aliphatic heterocycles. The van der Waals surface area contributed by atoms with Crippen LogP contribution in [-0.2, 0) is 90.1 Å². The smallest absolute Gasteiger partial charge is 0.303 e. The number of methoxy groups -OCH3 is 4. The Morgan fingerprint density at radius 3 is 1.54 bits per heavy atom. The third-order valence-corrected chi connectivity index (χ3v) is 20.5. The van der Waals surface area contributed by atoms with Gasteiger partial charge in [0.2, 0.25) is 0 Å². The average Bonchev–Trinajstić information content (AvgIpc) is 3.70. The summed E-state index contributed by atoms with van der Waals surface area (Å²) in [5.41, 5.74) is -0.875. The molecule has 1 spiro atoms. The second kappa shape index (κ2) is 24.6. The minimum absolute atomic E-state index is 0.0117.